The van der Waals surface area contributed by atoms with Gasteiger partial charge >= 0.3 is 0 Å². The minimum Gasteiger partial charge on any atom is -0.493 e. The molecule has 0 unspecified atom stereocenters. The second kappa shape index (κ2) is 17.5. The van der Waals surface area contributed by atoms with Crippen molar-refractivity contribution < 1.29 is 33.4 Å². The van der Waals surface area contributed by atoms with Gasteiger partial charge in [0, 0.05) is 52.8 Å². The van der Waals surface area contributed by atoms with Crippen LogP contribution in [0.15, 0.2) is 48.5 Å². The van der Waals surface area contributed by atoms with Crippen molar-refractivity contribution in [3.63, 3.8) is 0 Å². The molecule has 4 rings (SSSR count). The van der Waals surface area contributed by atoms with Gasteiger partial charge in [0.1, 0.15) is 24.1 Å². The topological polar surface area (TPSA) is 139 Å². The van der Waals surface area contributed by atoms with E-state index in [9.17, 15) is 19.2 Å². The number of methoxy groups -OCH3 is 1. The number of amides is 4. The minimum atomic E-state index is -0.904. The molecule has 0 saturated carbocycles. The van der Waals surface area contributed by atoms with E-state index < -0.39 is 11.9 Å². The van der Waals surface area contributed by atoms with Crippen molar-refractivity contribution >= 4 is 23.6 Å². The summed E-state index contributed by atoms with van der Waals surface area (Å²) in [7, 11) is 1.67. The van der Waals surface area contributed by atoms with Crippen molar-refractivity contribution in [2.75, 3.05) is 66.2 Å². The molecule has 2 aromatic rings. The molecule has 2 aliphatic heterocycles. The lowest BCUT2D eigenvalue weighted by molar-refractivity contribution is -0.135. The molecule has 2 aromatic carbocycles. The Morgan fingerprint density at radius 2 is 1.57 bits per heavy atom. The predicted octanol–water partition coefficient (Wildman–Crippen LogP) is 2.09. The molecule has 4 amide bonds. The van der Waals surface area contributed by atoms with Crippen LogP contribution in [0.5, 0.6) is 11.5 Å². The zero-order chi connectivity index (χ0) is 32.9. The normalized spacial score (nSPS) is 21.0. The van der Waals surface area contributed by atoms with Gasteiger partial charge in [0.25, 0.3) is 11.8 Å². The highest BCUT2D eigenvalue weighted by atomic mass is 16.5. The molecule has 3 N–H and O–H groups in total. The van der Waals surface area contributed by atoms with Crippen molar-refractivity contribution in [1.29, 1.82) is 0 Å². The Hall–Kier alpha value is -4.16. The first-order valence-corrected chi connectivity index (χ1v) is 16.1. The Bertz CT molecular complexity index is 1330. The summed E-state index contributed by atoms with van der Waals surface area (Å²) in [6, 6.07) is 12.6. The fourth-order valence-corrected chi connectivity index (χ4v) is 5.37. The summed E-state index contributed by atoms with van der Waals surface area (Å²) in [5.41, 5.74) is 0.688. The van der Waals surface area contributed by atoms with Crippen LogP contribution in [-0.4, -0.2) is 112 Å². The maximum atomic E-state index is 13.8. The lowest BCUT2D eigenvalue weighted by Gasteiger charge is -2.36. The van der Waals surface area contributed by atoms with Crippen LogP contribution >= 0.6 is 0 Å². The lowest BCUT2D eigenvalue weighted by Crippen LogP contribution is -2.55. The van der Waals surface area contributed by atoms with Crippen molar-refractivity contribution in [2.45, 2.75) is 45.2 Å². The Morgan fingerprint density at radius 1 is 0.913 bits per heavy atom. The van der Waals surface area contributed by atoms with Gasteiger partial charge in [0.2, 0.25) is 11.8 Å². The summed E-state index contributed by atoms with van der Waals surface area (Å²) in [4.78, 5) is 57.6. The number of benzene rings is 2. The van der Waals surface area contributed by atoms with E-state index in [1.165, 1.54) is 0 Å². The number of carbonyl (C=O) groups excluding carboxylic acids is 4. The first-order chi connectivity index (χ1) is 22.3. The highest BCUT2D eigenvalue weighted by molar-refractivity contribution is 6.00. The molecule has 250 valence electrons. The van der Waals surface area contributed by atoms with Gasteiger partial charge in [-0.05, 0) is 43.0 Å². The largest absolute Gasteiger partial charge is 0.493 e. The average molecular weight is 638 g/mol. The molecule has 0 bridgehead atoms. The van der Waals surface area contributed by atoms with E-state index in [1.807, 2.05) is 13.8 Å². The van der Waals surface area contributed by atoms with Crippen LogP contribution < -0.4 is 25.4 Å². The van der Waals surface area contributed by atoms with Crippen molar-refractivity contribution in [3.8, 4) is 11.5 Å². The molecular weight excluding hydrogens is 590 g/mol. The van der Waals surface area contributed by atoms with E-state index in [2.05, 4.69) is 20.9 Å². The smallest absolute Gasteiger partial charge is 0.255 e. The molecular formula is C34H47N5O7. The summed E-state index contributed by atoms with van der Waals surface area (Å²) in [5.74, 6) is -0.383. The highest BCUT2D eigenvalue weighted by Gasteiger charge is 2.30. The fraction of sp³-hybridized carbons (Fsp3) is 0.529. The first kappa shape index (κ1) is 34.7. The van der Waals surface area contributed by atoms with Crippen LogP contribution in [-0.2, 0) is 14.3 Å². The van der Waals surface area contributed by atoms with Crippen LogP contribution in [0.25, 0.3) is 0 Å². The second-order valence-corrected chi connectivity index (χ2v) is 11.9. The number of hydrogen-bond donors (Lipinski definition) is 3. The number of nitrogens with one attached hydrogen (secondary N) is 3. The van der Waals surface area contributed by atoms with Gasteiger partial charge in [-0.3, -0.25) is 24.1 Å². The standard InChI is InChI=1S/C34H47N5O7/c1-24(2)28-23-46-30-12-7-4-9-25(30)32(41)35-15-8-21-45-29-11-6-5-10-26(29)33(42)37-27(13-14-31(40)36-28)34(43)39-18-16-38(17-19-39)20-22-44-3/h4-7,9-12,24,27-28H,8,13-23H2,1-3H3,(H,35,41)(H,36,40)(H,37,42)/t27-,28+/m0/s1. The van der Waals surface area contributed by atoms with Crippen LogP contribution in [0.3, 0.4) is 0 Å². The Labute approximate surface area is 271 Å². The maximum absolute atomic E-state index is 13.8. The fourth-order valence-electron chi connectivity index (χ4n) is 5.37. The van der Waals surface area contributed by atoms with Gasteiger partial charge in [0.15, 0.2) is 0 Å². The maximum Gasteiger partial charge on any atom is 0.255 e. The van der Waals surface area contributed by atoms with E-state index in [-0.39, 0.29) is 55.7 Å². The number of para-hydroxylation sites is 2. The van der Waals surface area contributed by atoms with Gasteiger partial charge in [-0.25, -0.2) is 0 Å². The Morgan fingerprint density at radius 3 is 2.24 bits per heavy atom. The predicted molar refractivity (Wildman–Crippen MR) is 173 cm³/mol. The zero-order valence-electron chi connectivity index (χ0n) is 27.1. The summed E-state index contributed by atoms with van der Waals surface area (Å²) >= 11 is 0. The van der Waals surface area contributed by atoms with Crippen LogP contribution in [0, 0.1) is 5.92 Å². The Balaban J connectivity index is 1.54. The van der Waals surface area contributed by atoms with E-state index >= 15 is 0 Å². The van der Waals surface area contributed by atoms with Crippen molar-refractivity contribution in [2.24, 2.45) is 5.92 Å². The quantitative estimate of drug-likeness (QED) is 0.453. The number of fused-ring (bicyclic) bond motifs is 2. The van der Waals surface area contributed by atoms with Gasteiger partial charge in [0.05, 0.1) is 30.4 Å². The van der Waals surface area contributed by atoms with Gasteiger partial charge < -0.3 is 35.1 Å². The summed E-state index contributed by atoms with van der Waals surface area (Å²) in [6.45, 7) is 8.56. The monoisotopic (exact) mass is 637 g/mol. The number of carbonyl (C=O) groups is 4. The second-order valence-electron chi connectivity index (χ2n) is 11.9. The number of nitrogens with zero attached hydrogens (tertiary/aromatic N) is 2. The highest BCUT2D eigenvalue weighted by Crippen LogP contribution is 2.21. The Kier molecular flexibility index (Phi) is 13.2. The molecule has 2 heterocycles. The molecule has 2 aliphatic rings. The van der Waals surface area contributed by atoms with Crippen molar-refractivity contribution in [1.82, 2.24) is 25.8 Å². The van der Waals surface area contributed by atoms with E-state index in [4.69, 9.17) is 14.2 Å². The van der Waals surface area contributed by atoms with Crippen LogP contribution in [0.4, 0.5) is 0 Å². The molecule has 1 fully saturated rings. The van der Waals surface area contributed by atoms with E-state index in [0.29, 0.717) is 68.4 Å². The minimum absolute atomic E-state index is 0.0187. The summed E-state index contributed by atoms with van der Waals surface area (Å²) in [5, 5.41) is 8.83. The van der Waals surface area contributed by atoms with Crippen molar-refractivity contribution in [3.05, 3.63) is 59.7 Å². The SMILES string of the molecule is COCCN1CCN(C(=O)[C@@H]2CCC(=O)N[C@@H](C(C)C)COc3ccccc3C(=O)NCCCOc3ccccc3C(=O)N2)CC1. The molecule has 0 radical (unpaired) electrons. The average Bonchev–Trinajstić information content (AvgIpc) is 3.06. The first-order valence-electron chi connectivity index (χ1n) is 16.1. The molecule has 46 heavy (non-hydrogen) atoms. The van der Waals surface area contributed by atoms with Gasteiger partial charge in [-0.1, -0.05) is 38.1 Å². The number of rotatable bonds is 5. The molecule has 12 heteroatoms. The lowest BCUT2D eigenvalue weighted by atomic mass is 10.0. The third-order valence-corrected chi connectivity index (χ3v) is 8.26. The molecule has 0 aromatic heterocycles. The molecule has 0 aliphatic carbocycles. The number of piperazine rings is 1. The number of ether oxygens (including phenoxy) is 3. The summed E-state index contributed by atoms with van der Waals surface area (Å²) in [6.07, 6.45) is 0.645. The molecule has 0 spiro atoms. The molecule has 12 nitrogen and oxygen atoms in total. The summed E-state index contributed by atoms with van der Waals surface area (Å²) < 4.78 is 17.2. The molecule has 2 atom stereocenters. The van der Waals surface area contributed by atoms with E-state index in [1.54, 1.807) is 60.5 Å². The van der Waals surface area contributed by atoms with Gasteiger partial charge in [-0.15, -0.1) is 0 Å². The molecule has 1 saturated heterocycles. The van der Waals surface area contributed by atoms with Crippen LogP contribution in [0.1, 0.15) is 53.8 Å². The van der Waals surface area contributed by atoms with E-state index in [0.717, 1.165) is 6.54 Å². The third-order valence-electron chi connectivity index (χ3n) is 8.26. The van der Waals surface area contributed by atoms with Crippen LogP contribution in [0.2, 0.25) is 0 Å². The zero-order valence-corrected chi connectivity index (χ0v) is 27.1. The number of hydrogen-bond acceptors (Lipinski definition) is 8. The third kappa shape index (κ3) is 9.92. The van der Waals surface area contributed by atoms with Gasteiger partial charge in [-0.2, -0.15) is 0 Å².